The van der Waals surface area contributed by atoms with Gasteiger partial charge in [0, 0.05) is 12.8 Å². The van der Waals surface area contributed by atoms with Crippen molar-refractivity contribution in [3.63, 3.8) is 0 Å². The third-order valence-corrected chi connectivity index (χ3v) is 9.62. The Morgan fingerprint density at radius 1 is 0.580 bits per heavy atom. The van der Waals surface area contributed by atoms with Crippen molar-refractivity contribution in [1.82, 2.24) is 0 Å². The number of unbranched alkanes of at least 4 members (excludes halogenated alkanes) is 22. The number of allylic oxidation sites excluding steroid dienone is 2. The van der Waals surface area contributed by atoms with E-state index in [1.54, 1.807) is 0 Å². The summed E-state index contributed by atoms with van der Waals surface area (Å²) < 4.78 is 32.6. The van der Waals surface area contributed by atoms with Crippen LogP contribution in [0.3, 0.4) is 0 Å². The maximum absolute atomic E-state index is 12.6. The number of rotatable bonds is 38. The zero-order chi connectivity index (χ0) is 37.0. The predicted molar refractivity (Wildman–Crippen MR) is 201 cm³/mol. The van der Waals surface area contributed by atoms with E-state index >= 15 is 0 Å². The first-order valence-electron chi connectivity index (χ1n) is 20.1. The average Bonchev–Trinajstić information content (AvgIpc) is 3.10. The van der Waals surface area contributed by atoms with Crippen molar-refractivity contribution in [3.05, 3.63) is 12.2 Å². The molecule has 0 saturated heterocycles. The van der Waals surface area contributed by atoms with Crippen LogP contribution in [0.1, 0.15) is 187 Å². The number of aliphatic hydroxyl groups is 2. The van der Waals surface area contributed by atoms with Gasteiger partial charge in [-0.25, -0.2) is 4.57 Å². The van der Waals surface area contributed by atoms with Gasteiger partial charge in [0.05, 0.1) is 19.8 Å². The third-order valence-electron chi connectivity index (χ3n) is 8.67. The lowest BCUT2D eigenvalue weighted by molar-refractivity contribution is -0.161. The minimum absolute atomic E-state index is 0.178. The average molecular weight is 735 g/mol. The van der Waals surface area contributed by atoms with Crippen LogP contribution in [0.2, 0.25) is 0 Å². The molecule has 0 aromatic heterocycles. The van der Waals surface area contributed by atoms with Crippen LogP contribution in [0.25, 0.3) is 0 Å². The molecule has 0 fully saturated rings. The molecule has 0 spiro atoms. The van der Waals surface area contributed by atoms with Crippen LogP contribution in [-0.4, -0.2) is 65.7 Å². The van der Waals surface area contributed by atoms with Crippen molar-refractivity contribution < 1.29 is 47.8 Å². The standard InChI is InChI=1S/C39H75O10P/c1-3-5-7-9-11-13-15-17-18-19-21-23-25-27-29-31-39(43)49-37(35-48-50(44,45)47-33-36(41)32-40)34-46-38(42)30-28-26-24-22-20-16-14-12-10-8-6-4-2/h17-18,36-37,40-41H,3-16,19-35H2,1-2H3,(H,44,45)/b18-17+/t36-,37+/m0/s1. The zero-order valence-electron chi connectivity index (χ0n) is 31.9. The van der Waals surface area contributed by atoms with E-state index in [1.165, 1.54) is 89.9 Å². The number of hydrogen-bond donors (Lipinski definition) is 3. The van der Waals surface area contributed by atoms with Crippen LogP contribution in [0.4, 0.5) is 0 Å². The number of carbonyl (C=O) groups is 2. The van der Waals surface area contributed by atoms with Crippen molar-refractivity contribution in [2.45, 2.75) is 199 Å². The number of aliphatic hydroxyl groups excluding tert-OH is 2. The monoisotopic (exact) mass is 735 g/mol. The molecule has 296 valence electrons. The van der Waals surface area contributed by atoms with Crippen LogP contribution >= 0.6 is 7.82 Å². The molecule has 0 saturated carbocycles. The number of phosphoric ester groups is 1. The molecule has 3 N–H and O–H groups in total. The first-order valence-corrected chi connectivity index (χ1v) is 21.6. The second-order valence-electron chi connectivity index (χ2n) is 13.7. The first-order chi connectivity index (χ1) is 24.2. The predicted octanol–water partition coefficient (Wildman–Crippen LogP) is 10.1. The molecule has 0 amide bonds. The lowest BCUT2D eigenvalue weighted by atomic mass is 10.0. The van der Waals surface area contributed by atoms with Crippen molar-refractivity contribution in [2.75, 3.05) is 26.4 Å². The number of hydrogen-bond acceptors (Lipinski definition) is 9. The normalized spacial score (nSPS) is 14.1. The molecule has 11 heteroatoms. The van der Waals surface area contributed by atoms with E-state index < -0.39 is 51.8 Å². The fraction of sp³-hybridized carbons (Fsp3) is 0.897. The largest absolute Gasteiger partial charge is 0.472 e. The molecular weight excluding hydrogens is 659 g/mol. The van der Waals surface area contributed by atoms with E-state index in [4.69, 9.17) is 19.1 Å². The van der Waals surface area contributed by atoms with Crippen LogP contribution in [0.5, 0.6) is 0 Å². The van der Waals surface area contributed by atoms with Crippen molar-refractivity contribution in [2.24, 2.45) is 0 Å². The Balaban J connectivity index is 4.34. The topological polar surface area (TPSA) is 149 Å². The second kappa shape index (κ2) is 36.1. The highest BCUT2D eigenvalue weighted by atomic mass is 31.2. The van der Waals surface area contributed by atoms with Gasteiger partial charge < -0.3 is 24.6 Å². The highest BCUT2D eigenvalue weighted by molar-refractivity contribution is 7.47. The molecule has 0 aliphatic rings. The Morgan fingerprint density at radius 3 is 1.44 bits per heavy atom. The highest BCUT2D eigenvalue weighted by Crippen LogP contribution is 2.43. The lowest BCUT2D eigenvalue weighted by Crippen LogP contribution is -2.29. The Hall–Kier alpha value is -1.29. The van der Waals surface area contributed by atoms with Crippen molar-refractivity contribution >= 4 is 19.8 Å². The molecule has 0 bridgehead atoms. The van der Waals surface area contributed by atoms with Crippen LogP contribution < -0.4 is 0 Å². The molecule has 0 aliphatic heterocycles. The molecule has 0 aliphatic carbocycles. The van der Waals surface area contributed by atoms with E-state index in [1.807, 2.05) is 0 Å². The lowest BCUT2D eigenvalue weighted by Gasteiger charge is -2.20. The van der Waals surface area contributed by atoms with Gasteiger partial charge in [0.15, 0.2) is 6.10 Å². The van der Waals surface area contributed by atoms with Gasteiger partial charge in [0.2, 0.25) is 0 Å². The summed E-state index contributed by atoms with van der Waals surface area (Å²) in [4.78, 5) is 34.8. The summed E-state index contributed by atoms with van der Waals surface area (Å²) in [5.41, 5.74) is 0. The van der Waals surface area contributed by atoms with Gasteiger partial charge in [0.25, 0.3) is 0 Å². The summed E-state index contributed by atoms with van der Waals surface area (Å²) in [6.07, 6.45) is 31.8. The van der Waals surface area contributed by atoms with E-state index in [-0.39, 0.29) is 19.4 Å². The summed E-state index contributed by atoms with van der Waals surface area (Å²) in [5, 5.41) is 18.3. The number of esters is 2. The van der Waals surface area contributed by atoms with Crippen molar-refractivity contribution in [3.8, 4) is 0 Å². The smallest absolute Gasteiger partial charge is 0.462 e. The summed E-state index contributed by atoms with van der Waals surface area (Å²) in [5.74, 6) is -0.928. The van der Waals surface area contributed by atoms with E-state index in [2.05, 4.69) is 30.5 Å². The Morgan fingerprint density at radius 2 is 0.980 bits per heavy atom. The van der Waals surface area contributed by atoms with Gasteiger partial charge in [-0.15, -0.1) is 0 Å². The fourth-order valence-electron chi connectivity index (χ4n) is 5.52. The summed E-state index contributed by atoms with van der Waals surface area (Å²) in [6.45, 7) is 2.37. The quantitative estimate of drug-likeness (QED) is 0.0242. The molecule has 3 atom stereocenters. The third kappa shape index (κ3) is 35.1. The second-order valence-corrected chi connectivity index (χ2v) is 15.1. The highest BCUT2D eigenvalue weighted by Gasteiger charge is 2.27. The molecule has 1 unspecified atom stereocenters. The van der Waals surface area contributed by atoms with Gasteiger partial charge in [-0.2, -0.15) is 0 Å². The zero-order valence-corrected chi connectivity index (χ0v) is 32.8. The van der Waals surface area contributed by atoms with E-state index in [0.29, 0.717) is 12.8 Å². The first kappa shape index (κ1) is 48.7. The summed E-state index contributed by atoms with van der Waals surface area (Å²) >= 11 is 0. The Kier molecular flexibility index (Phi) is 35.2. The number of phosphoric acid groups is 1. The molecule has 10 nitrogen and oxygen atoms in total. The SMILES string of the molecule is CCCCCCCC/C=C/CCCCCCCC(=O)O[C@H](COC(=O)CCCCCCCCCCCCCC)COP(=O)(O)OC[C@@H](O)CO. The van der Waals surface area contributed by atoms with Gasteiger partial charge in [-0.1, -0.05) is 148 Å². The van der Waals surface area contributed by atoms with Crippen molar-refractivity contribution in [1.29, 1.82) is 0 Å². The van der Waals surface area contributed by atoms with Gasteiger partial charge in [-0.3, -0.25) is 18.6 Å². The molecule has 50 heavy (non-hydrogen) atoms. The maximum atomic E-state index is 12.6. The van der Waals surface area contributed by atoms with Gasteiger partial charge in [-0.05, 0) is 38.5 Å². The minimum atomic E-state index is -4.61. The molecule has 0 rings (SSSR count). The molecule has 0 heterocycles. The molecule has 0 aromatic carbocycles. The Bertz CT molecular complexity index is 853. The van der Waals surface area contributed by atoms with Crippen LogP contribution in [-0.2, 0) is 32.7 Å². The number of carbonyl (C=O) groups excluding carboxylic acids is 2. The van der Waals surface area contributed by atoms with E-state index in [0.717, 1.165) is 57.8 Å². The fourth-order valence-corrected chi connectivity index (χ4v) is 6.31. The van der Waals surface area contributed by atoms with Crippen LogP contribution in [0.15, 0.2) is 12.2 Å². The minimum Gasteiger partial charge on any atom is -0.462 e. The van der Waals surface area contributed by atoms with Gasteiger partial charge >= 0.3 is 19.8 Å². The summed E-state index contributed by atoms with van der Waals surface area (Å²) in [6, 6.07) is 0. The Labute approximate surface area is 305 Å². The summed E-state index contributed by atoms with van der Waals surface area (Å²) in [7, 11) is -4.61. The van der Waals surface area contributed by atoms with Crippen LogP contribution in [0, 0.1) is 0 Å². The molecule has 0 aromatic rings. The van der Waals surface area contributed by atoms with Gasteiger partial charge in [0.1, 0.15) is 12.7 Å². The maximum Gasteiger partial charge on any atom is 0.472 e. The molecular formula is C39H75O10P. The van der Waals surface area contributed by atoms with E-state index in [9.17, 15) is 24.2 Å². The number of ether oxygens (including phenoxy) is 2. The molecule has 0 radical (unpaired) electrons.